The number of hydrogen-bond donors (Lipinski definition) is 1. The minimum atomic E-state index is 0. The fraction of sp³-hybridized carbons (Fsp3) is 0.345. The van der Waals surface area contributed by atoms with Gasteiger partial charge in [0.1, 0.15) is 5.75 Å². The number of rotatable bonds is 5. The van der Waals surface area contributed by atoms with Crippen LogP contribution in [0.25, 0.3) is 23.3 Å². The molecule has 3 unspecified atom stereocenters. The number of pyridine rings is 1. The molecule has 0 spiro atoms. The molecule has 2 heterocycles. The van der Waals surface area contributed by atoms with Crippen molar-refractivity contribution in [2.24, 2.45) is 11.8 Å². The van der Waals surface area contributed by atoms with Crippen molar-refractivity contribution in [2.45, 2.75) is 45.8 Å². The molecule has 5 heteroatoms. The maximum Gasteiger partial charge on any atom is 0.258 e. The second-order valence-corrected chi connectivity index (χ2v) is 9.35. The molecule has 0 saturated carbocycles. The minimum absolute atomic E-state index is 0. The monoisotopic (exact) mass is 476 g/mol. The summed E-state index contributed by atoms with van der Waals surface area (Å²) in [5.74, 6) is 1.64. The molecule has 2 aromatic carbocycles. The van der Waals surface area contributed by atoms with Crippen LogP contribution in [0.3, 0.4) is 0 Å². The molecule has 178 valence electrons. The van der Waals surface area contributed by atoms with Crippen LogP contribution in [-0.4, -0.2) is 11.7 Å². The van der Waals surface area contributed by atoms with Crippen LogP contribution in [0.1, 0.15) is 44.0 Å². The SMILES string of the molecule is COc1ccccc1CNC1CCCn2c1c(-c1ccccc1)c1c(c2=O)=CC(C)C(C)C=1.Cl. The van der Waals surface area contributed by atoms with E-state index in [2.05, 4.69) is 67.7 Å². The number of hydrogen-bond acceptors (Lipinski definition) is 3. The Morgan fingerprint density at radius 1 is 0.971 bits per heavy atom. The lowest BCUT2D eigenvalue weighted by Gasteiger charge is -2.32. The zero-order valence-corrected chi connectivity index (χ0v) is 20.9. The predicted molar refractivity (Wildman–Crippen MR) is 142 cm³/mol. The number of nitrogens with one attached hydrogen (secondary N) is 1. The van der Waals surface area contributed by atoms with Crippen LogP contribution in [0.15, 0.2) is 59.4 Å². The number of aromatic nitrogens is 1. The summed E-state index contributed by atoms with van der Waals surface area (Å²) in [4.78, 5) is 13.7. The number of methoxy groups -OCH3 is 1. The number of ether oxygens (including phenoxy) is 1. The molecule has 0 radical (unpaired) electrons. The molecular weight excluding hydrogens is 444 g/mol. The van der Waals surface area contributed by atoms with Crippen LogP contribution in [0.4, 0.5) is 0 Å². The Labute approximate surface area is 207 Å². The zero-order chi connectivity index (χ0) is 22.9. The van der Waals surface area contributed by atoms with E-state index in [1.54, 1.807) is 7.11 Å². The van der Waals surface area contributed by atoms with E-state index in [1.165, 1.54) is 11.1 Å². The first-order valence-electron chi connectivity index (χ1n) is 12.0. The summed E-state index contributed by atoms with van der Waals surface area (Å²) in [5.41, 5.74) is 4.78. The van der Waals surface area contributed by atoms with Gasteiger partial charge in [0.05, 0.1) is 7.11 Å². The van der Waals surface area contributed by atoms with Crippen LogP contribution in [0, 0.1) is 11.8 Å². The highest BCUT2D eigenvalue weighted by Gasteiger charge is 2.28. The average Bonchev–Trinajstić information content (AvgIpc) is 2.85. The van der Waals surface area contributed by atoms with E-state index in [4.69, 9.17) is 4.74 Å². The van der Waals surface area contributed by atoms with Crippen molar-refractivity contribution < 1.29 is 4.74 Å². The lowest BCUT2D eigenvalue weighted by molar-refractivity contribution is 0.375. The molecule has 5 rings (SSSR count). The van der Waals surface area contributed by atoms with Crippen LogP contribution >= 0.6 is 12.4 Å². The van der Waals surface area contributed by atoms with Crippen LogP contribution in [-0.2, 0) is 13.1 Å². The highest BCUT2D eigenvalue weighted by atomic mass is 35.5. The fourth-order valence-electron chi connectivity index (χ4n) is 5.30. The maximum absolute atomic E-state index is 13.7. The van der Waals surface area contributed by atoms with Gasteiger partial charge in [0, 0.05) is 41.2 Å². The second-order valence-electron chi connectivity index (χ2n) is 9.35. The van der Waals surface area contributed by atoms with E-state index in [-0.39, 0.29) is 24.0 Å². The number of halogens is 1. The van der Waals surface area contributed by atoms with Gasteiger partial charge in [-0.05, 0) is 41.5 Å². The predicted octanol–water partition coefficient (Wildman–Crippen LogP) is 4.42. The van der Waals surface area contributed by atoms with Gasteiger partial charge in [0.15, 0.2) is 0 Å². The molecule has 1 aliphatic heterocycles. The van der Waals surface area contributed by atoms with E-state index < -0.39 is 0 Å². The summed E-state index contributed by atoms with van der Waals surface area (Å²) in [6.07, 6.45) is 6.49. The Morgan fingerprint density at radius 2 is 1.65 bits per heavy atom. The Kier molecular flexibility index (Phi) is 7.30. The molecule has 1 aromatic heterocycles. The first-order chi connectivity index (χ1) is 16.1. The van der Waals surface area contributed by atoms with E-state index in [0.29, 0.717) is 18.4 Å². The van der Waals surface area contributed by atoms with Crippen molar-refractivity contribution in [3.63, 3.8) is 0 Å². The van der Waals surface area contributed by atoms with Gasteiger partial charge in [-0.15, -0.1) is 12.4 Å². The third-order valence-electron chi connectivity index (χ3n) is 7.27. The van der Waals surface area contributed by atoms with Crippen molar-refractivity contribution in [3.8, 4) is 16.9 Å². The molecule has 0 bridgehead atoms. The van der Waals surface area contributed by atoms with E-state index in [9.17, 15) is 4.79 Å². The maximum atomic E-state index is 13.7. The Hall–Kier alpha value is -2.82. The van der Waals surface area contributed by atoms with Gasteiger partial charge in [0.2, 0.25) is 0 Å². The Balaban J connectivity index is 0.00000274. The summed E-state index contributed by atoms with van der Waals surface area (Å²) in [5, 5.41) is 5.74. The molecule has 1 N–H and O–H groups in total. The van der Waals surface area contributed by atoms with Crippen molar-refractivity contribution in [1.29, 1.82) is 0 Å². The standard InChI is InChI=1S/C29H32N2O2.ClH/c1-19-16-23-24(17-20(19)2)29(32)31-15-9-13-25(28(31)27(23)21-10-5-4-6-11-21)30-18-22-12-7-8-14-26(22)33-3;/h4-8,10-12,14,16-17,19-20,25,30H,9,13,15,18H2,1-3H3;1H. The van der Waals surface area contributed by atoms with Crippen molar-refractivity contribution in [1.82, 2.24) is 9.88 Å². The average molecular weight is 477 g/mol. The Morgan fingerprint density at radius 3 is 2.38 bits per heavy atom. The topological polar surface area (TPSA) is 43.3 Å². The molecule has 3 atom stereocenters. The quantitative estimate of drug-likeness (QED) is 0.593. The zero-order valence-electron chi connectivity index (χ0n) is 20.1. The Bertz CT molecular complexity index is 1350. The minimum Gasteiger partial charge on any atom is -0.496 e. The number of nitrogens with zero attached hydrogens (tertiary/aromatic N) is 1. The van der Waals surface area contributed by atoms with Crippen LogP contribution in [0.5, 0.6) is 5.75 Å². The van der Waals surface area contributed by atoms with E-state index in [1.807, 2.05) is 22.8 Å². The third-order valence-corrected chi connectivity index (χ3v) is 7.27. The van der Waals surface area contributed by atoms with Crippen molar-refractivity contribution in [3.05, 3.63) is 86.6 Å². The van der Waals surface area contributed by atoms with Crippen molar-refractivity contribution in [2.75, 3.05) is 7.11 Å². The summed E-state index contributed by atoms with van der Waals surface area (Å²) in [6.45, 7) is 5.91. The van der Waals surface area contributed by atoms with E-state index >= 15 is 0 Å². The largest absolute Gasteiger partial charge is 0.496 e. The van der Waals surface area contributed by atoms with Crippen molar-refractivity contribution >= 4 is 24.6 Å². The normalized spacial score (nSPS) is 20.7. The molecule has 0 fully saturated rings. The highest BCUT2D eigenvalue weighted by molar-refractivity contribution is 5.85. The van der Waals surface area contributed by atoms with Crippen LogP contribution < -0.4 is 26.1 Å². The summed E-state index contributed by atoms with van der Waals surface area (Å²) < 4.78 is 7.60. The lowest BCUT2D eigenvalue weighted by Crippen LogP contribution is -2.52. The third kappa shape index (κ3) is 4.33. The molecule has 4 nitrogen and oxygen atoms in total. The molecule has 2 aliphatic rings. The van der Waals surface area contributed by atoms with Gasteiger partial charge in [-0.1, -0.05) is 74.5 Å². The number of para-hydroxylation sites is 1. The number of fused-ring (bicyclic) bond motifs is 2. The van der Waals surface area contributed by atoms with Gasteiger partial charge >= 0.3 is 0 Å². The van der Waals surface area contributed by atoms with Gasteiger partial charge in [-0.25, -0.2) is 0 Å². The molecule has 34 heavy (non-hydrogen) atoms. The summed E-state index contributed by atoms with van der Waals surface area (Å²) in [7, 11) is 1.71. The smallest absolute Gasteiger partial charge is 0.258 e. The number of benzene rings is 2. The highest BCUT2D eigenvalue weighted by Crippen LogP contribution is 2.32. The van der Waals surface area contributed by atoms with Gasteiger partial charge in [-0.2, -0.15) is 0 Å². The van der Waals surface area contributed by atoms with E-state index in [0.717, 1.165) is 46.8 Å². The van der Waals surface area contributed by atoms with Crippen LogP contribution in [0.2, 0.25) is 0 Å². The molecule has 3 aromatic rings. The molecule has 1 aliphatic carbocycles. The summed E-state index contributed by atoms with van der Waals surface area (Å²) >= 11 is 0. The molecule has 0 saturated heterocycles. The first-order valence-corrected chi connectivity index (χ1v) is 12.0. The van der Waals surface area contributed by atoms with Gasteiger partial charge < -0.3 is 14.6 Å². The van der Waals surface area contributed by atoms with Gasteiger partial charge in [-0.3, -0.25) is 4.79 Å². The fourth-order valence-corrected chi connectivity index (χ4v) is 5.30. The summed E-state index contributed by atoms with van der Waals surface area (Å²) in [6, 6.07) is 18.8. The molecule has 0 amide bonds. The lowest BCUT2D eigenvalue weighted by atomic mass is 9.85. The van der Waals surface area contributed by atoms with Gasteiger partial charge in [0.25, 0.3) is 5.56 Å². The molecular formula is C29H33ClN2O2. The first kappa shape index (κ1) is 24.3. The second kappa shape index (κ2) is 10.2.